The van der Waals surface area contributed by atoms with Gasteiger partial charge in [-0.05, 0) is 65.4 Å². The van der Waals surface area contributed by atoms with E-state index in [1.165, 1.54) is 6.21 Å². The van der Waals surface area contributed by atoms with Crippen molar-refractivity contribution in [3.05, 3.63) is 105 Å². The molecule has 0 aliphatic heterocycles. The van der Waals surface area contributed by atoms with Gasteiger partial charge in [0.25, 0.3) is 5.91 Å². The topological polar surface area (TPSA) is 77.0 Å². The van der Waals surface area contributed by atoms with Crippen LogP contribution in [0.2, 0.25) is 0 Å². The lowest BCUT2D eigenvalue weighted by Gasteiger charge is -2.08. The van der Waals surface area contributed by atoms with Crippen LogP contribution >= 0.6 is 31.9 Å². The number of rotatable bonds is 7. The first kappa shape index (κ1) is 23.7. The van der Waals surface area contributed by atoms with Gasteiger partial charge in [-0.1, -0.05) is 62.2 Å². The molecule has 0 fully saturated rings. The van der Waals surface area contributed by atoms with Gasteiger partial charge in [0, 0.05) is 14.5 Å². The monoisotopic (exact) mass is 580 g/mol. The number of ether oxygens (including phenoxy) is 2. The predicted octanol–water partition coefficient (Wildman–Crippen LogP) is 6.11. The van der Waals surface area contributed by atoms with Gasteiger partial charge in [-0.2, -0.15) is 5.10 Å². The summed E-state index contributed by atoms with van der Waals surface area (Å²) in [5, 5.41) is 6.09. The Morgan fingerprint density at radius 2 is 1.59 bits per heavy atom. The van der Waals surface area contributed by atoms with Gasteiger partial charge in [0.05, 0.1) is 11.8 Å². The number of esters is 1. The van der Waals surface area contributed by atoms with Crippen LogP contribution in [0.1, 0.15) is 15.9 Å². The highest BCUT2D eigenvalue weighted by Crippen LogP contribution is 2.23. The maximum absolute atomic E-state index is 12.5. The minimum absolute atomic E-state index is 0.195. The van der Waals surface area contributed by atoms with Gasteiger partial charge in [0.2, 0.25) is 0 Å². The van der Waals surface area contributed by atoms with E-state index >= 15 is 0 Å². The van der Waals surface area contributed by atoms with E-state index in [1.54, 1.807) is 42.5 Å². The van der Waals surface area contributed by atoms with Crippen molar-refractivity contribution in [1.29, 1.82) is 0 Å². The molecule has 4 aromatic carbocycles. The zero-order valence-electron chi connectivity index (χ0n) is 17.7. The van der Waals surface area contributed by atoms with Crippen LogP contribution in [-0.4, -0.2) is 24.7 Å². The van der Waals surface area contributed by atoms with Gasteiger partial charge in [-0.25, -0.2) is 10.2 Å². The molecule has 0 spiro atoms. The van der Waals surface area contributed by atoms with Gasteiger partial charge in [0.1, 0.15) is 11.5 Å². The van der Waals surface area contributed by atoms with E-state index in [0.717, 1.165) is 19.7 Å². The maximum Gasteiger partial charge on any atom is 0.343 e. The van der Waals surface area contributed by atoms with Crippen LogP contribution in [-0.2, 0) is 4.79 Å². The Kier molecular flexibility index (Phi) is 7.72. The second-order valence-corrected chi connectivity index (χ2v) is 9.00. The Hall–Kier alpha value is -3.49. The average Bonchev–Trinajstić information content (AvgIpc) is 2.84. The van der Waals surface area contributed by atoms with Crippen LogP contribution in [0.5, 0.6) is 11.5 Å². The Morgan fingerprint density at radius 1 is 0.853 bits per heavy atom. The zero-order chi connectivity index (χ0) is 23.9. The Labute approximate surface area is 212 Å². The lowest BCUT2D eigenvalue weighted by Crippen LogP contribution is -2.24. The summed E-state index contributed by atoms with van der Waals surface area (Å²) in [6, 6.07) is 25.5. The summed E-state index contributed by atoms with van der Waals surface area (Å²) in [4.78, 5) is 24.6. The van der Waals surface area contributed by atoms with Crippen LogP contribution in [0.4, 0.5) is 0 Å². The average molecular weight is 582 g/mol. The molecule has 4 rings (SSSR count). The molecular formula is C26H18Br2N2O4. The molecule has 4 aromatic rings. The molecule has 6 nitrogen and oxygen atoms in total. The normalized spacial score (nSPS) is 10.9. The summed E-state index contributed by atoms with van der Waals surface area (Å²) in [6.07, 6.45) is 1.41. The lowest BCUT2D eigenvalue weighted by atomic mass is 10.1. The molecule has 0 aliphatic carbocycles. The number of hydrazone groups is 1. The molecule has 0 saturated carbocycles. The quantitative estimate of drug-likeness (QED) is 0.124. The van der Waals surface area contributed by atoms with Gasteiger partial charge < -0.3 is 9.47 Å². The molecule has 34 heavy (non-hydrogen) atoms. The van der Waals surface area contributed by atoms with Crippen LogP contribution in [0.3, 0.4) is 0 Å². The standard InChI is InChI=1S/C26H18Br2N2O4/c27-21-8-5-18(6-9-21)26(32)34-24-12-10-22(28)13-20(24)15-29-30-25(31)16-33-23-11-7-17-3-1-2-4-19(17)14-23/h1-15H,16H2,(H,30,31)/b29-15-. The molecule has 0 radical (unpaired) electrons. The fourth-order valence-electron chi connectivity index (χ4n) is 3.07. The Bertz CT molecular complexity index is 1370. The first-order valence-electron chi connectivity index (χ1n) is 10.2. The van der Waals surface area contributed by atoms with Crippen molar-refractivity contribution in [2.24, 2.45) is 5.10 Å². The molecule has 0 aromatic heterocycles. The van der Waals surface area contributed by atoms with Crippen molar-refractivity contribution in [2.75, 3.05) is 6.61 Å². The summed E-state index contributed by atoms with van der Waals surface area (Å²) in [5.74, 6) is -0.0291. The van der Waals surface area contributed by atoms with E-state index in [1.807, 2.05) is 42.5 Å². The molecule has 1 N–H and O–H groups in total. The smallest absolute Gasteiger partial charge is 0.343 e. The summed E-state index contributed by atoms with van der Waals surface area (Å²) < 4.78 is 12.7. The number of benzene rings is 4. The number of halogens is 2. The molecule has 170 valence electrons. The summed E-state index contributed by atoms with van der Waals surface area (Å²) in [6.45, 7) is -0.195. The zero-order valence-corrected chi connectivity index (χ0v) is 20.9. The maximum atomic E-state index is 12.5. The number of amides is 1. The third kappa shape index (κ3) is 6.30. The fraction of sp³-hybridized carbons (Fsp3) is 0.0385. The Balaban J connectivity index is 1.36. The number of fused-ring (bicyclic) bond motifs is 1. The highest BCUT2D eigenvalue weighted by molar-refractivity contribution is 9.10. The molecular weight excluding hydrogens is 564 g/mol. The third-order valence-corrected chi connectivity index (χ3v) is 5.76. The van der Waals surface area contributed by atoms with Gasteiger partial charge >= 0.3 is 5.97 Å². The van der Waals surface area contributed by atoms with Crippen LogP contribution in [0.25, 0.3) is 10.8 Å². The summed E-state index contributed by atoms with van der Waals surface area (Å²) >= 11 is 6.73. The van der Waals surface area contributed by atoms with Crippen molar-refractivity contribution in [3.8, 4) is 11.5 Å². The highest BCUT2D eigenvalue weighted by Gasteiger charge is 2.12. The van der Waals surface area contributed by atoms with Crippen molar-refractivity contribution in [3.63, 3.8) is 0 Å². The predicted molar refractivity (Wildman–Crippen MR) is 138 cm³/mol. The van der Waals surface area contributed by atoms with Gasteiger partial charge in [0.15, 0.2) is 6.61 Å². The number of nitrogens with zero attached hydrogens (tertiary/aromatic N) is 1. The van der Waals surface area contributed by atoms with E-state index in [2.05, 4.69) is 42.4 Å². The number of nitrogens with one attached hydrogen (secondary N) is 1. The lowest BCUT2D eigenvalue weighted by molar-refractivity contribution is -0.123. The van der Waals surface area contributed by atoms with E-state index < -0.39 is 11.9 Å². The summed E-state index contributed by atoms with van der Waals surface area (Å²) in [5.41, 5.74) is 3.34. The van der Waals surface area contributed by atoms with E-state index in [9.17, 15) is 9.59 Å². The summed E-state index contributed by atoms with van der Waals surface area (Å²) in [7, 11) is 0. The Morgan fingerprint density at radius 3 is 2.38 bits per heavy atom. The van der Waals surface area contributed by atoms with Crippen molar-refractivity contribution < 1.29 is 19.1 Å². The minimum Gasteiger partial charge on any atom is -0.484 e. The molecule has 0 unspecified atom stereocenters. The molecule has 0 bridgehead atoms. The van der Waals surface area contributed by atoms with Crippen LogP contribution < -0.4 is 14.9 Å². The number of hydrogen-bond acceptors (Lipinski definition) is 5. The molecule has 1 amide bonds. The van der Waals surface area contributed by atoms with Gasteiger partial charge in [-0.15, -0.1) is 0 Å². The van der Waals surface area contributed by atoms with Gasteiger partial charge in [-0.3, -0.25) is 4.79 Å². The van der Waals surface area contributed by atoms with Crippen molar-refractivity contribution in [2.45, 2.75) is 0 Å². The molecule has 0 heterocycles. The fourth-order valence-corrected chi connectivity index (χ4v) is 3.71. The van der Waals surface area contributed by atoms with Crippen molar-refractivity contribution in [1.82, 2.24) is 5.43 Å². The SMILES string of the molecule is O=C(COc1ccc2ccccc2c1)N/N=C\c1cc(Br)ccc1OC(=O)c1ccc(Br)cc1. The van der Waals surface area contributed by atoms with Crippen LogP contribution in [0.15, 0.2) is 99.0 Å². The largest absolute Gasteiger partial charge is 0.484 e. The minimum atomic E-state index is -0.503. The van der Waals surface area contributed by atoms with E-state index in [0.29, 0.717) is 22.6 Å². The highest BCUT2D eigenvalue weighted by atomic mass is 79.9. The number of carbonyl (C=O) groups excluding carboxylic acids is 2. The number of carbonyl (C=O) groups is 2. The molecule has 0 saturated heterocycles. The molecule has 0 atom stereocenters. The second kappa shape index (κ2) is 11.1. The third-order valence-electron chi connectivity index (χ3n) is 4.74. The molecule has 8 heteroatoms. The first-order chi connectivity index (χ1) is 16.5. The first-order valence-corrected chi connectivity index (χ1v) is 11.8. The van der Waals surface area contributed by atoms with E-state index in [-0.39, 0.29) is 6.61 Å². The molecule has 0 aliphatic rings. The number of hydrogen-bond donors (Lipinski definition) is 1. The van der Waals surface area contributed by atoms with E-state index in [4.69, 9.17) is 9.47 Å². The second-order valence-electron chi connectivity index (χ2n) is 7.17. The van der Waals surface area contributed by atoms with Crippen molar-refractivity contribution >= 4 is 60.7 Å². The van der Waals surface area contributed by atoms with Crippen LogP contribution in [0, 0.1) is 0 Å².